The molecule has 0 aromatic heterocycles. The van der Waals surface area contributed by atoms with Crippen LogP contribution in [-0.2, 0) is 9.53 Å². The van der Waals surface area contributed by atoms with E-state index in [1.54, 1.807) is 6.07 Å². The van der Waals surface area contributed by atoms with Crippen LogP contribution in [0, 0.1) is 10.1 Å². The zero-order chi connectivity index (χ0) is 12.8. The van der Waals surface area contributed by atoms with Gasteiger partial charge in [0.05, 0.1) is 31.1 Å². The first kappa shape index (κ1) is 13.4. The van der Waals surface area contributed by atoms with Crippen LogP contribution in [0.15, 0.2) is 22.7 Å². The molecule has 6 nitrogen and oxygen atoms in total. The molecule has 17 heavy (non-hydrogen) atoms. The molecule has 0 heterocycles. The SMILES string of the molecule is COC(=O)CCOc1cc(Br)cc([N+](=O)[O-])c1. The molecule has 0 amide bonds. The van der Waals surface area contributed by atoms with E-state index >= 15 is 0 Å². The maximum absolute atomic E-state index is 10.8. The fourth-order valence-corrected chi connectivity index (χ4v) is 1.55. The summed E-state index contributed by atoms with van der Waals surface area (Å²) in [6.07, 6.45) is 0.0941. The second-order valence-corrected chi connectivity index (χ2v) is 3.99. The average Bonchev–Trinajstić information content (AvgIpc) is 2.28. The maximum atomic E-state index is 10.8. The lowest BCUT2D eigenvalue weighted by molar-refractivity contribution is -0.385. The number of hydrogen-bond acceptors (Lipinski definition) is 5. The Labute approximate surface area is 106 Å². The summed E-state index contributed by atoms with van der Waals surface area (Å²) in [5.41, 5.74) is -0.0764. The van der Waals surface area contributed by atoms with Crippen LogP contribution < -0.4 is 4.74 Å². The van der Waals surface area contributed by atoms with E-state index in [1.807, 2.05) is 0 Å². The predicted molar refractivity (Wildman–Crippen MR) is 62.9 cm³/mol. The quantitative estimate of drug-likeness (QED) is 0.474. The Morgan fingerprint density at radius 2 is 2.18 bits per heavy atom. The molecule has 0 atom stereocenters. The second-order valence-electron chi connectivity index (χ2n) is 3.08. The first-order valence-corrected chi connectivity index (χ1v) is 5.47. The highest BCUT2D eigenvalue weighted by Crippen LogP contribution is 2.26. The molecule has 0 saturated heterocycles. The number of nitro benzene ring substituents is 1. The number of benzene rings is 1. The monoisotopic (exact) mass is 303 g/mol. The number of methoxy groups -OCH3 is 1. The summed E-state index contributed by atoms with van der Waals surface area (Å²) < 4.78 is 10.2. The van der Waals surface area contributed by atoms with E-state index < -0.39 is 10.9 Å². The number of esters is 1. The van der Waals surface area contributed by atoms with Gasteiger partial charge in [-0.2, -0.15) is 0 Å². The summed E-state index contributed by atoms with van der Waals surface area (Å²) in [5.74, 6) is -0.0653. The molecule has 0 unspecified atom stereocenters. The Balaban J connectivity index is 2.65. The van der Waals surface area contributed by atoms with Gasteiger partial charge in [-0.15, -0.1) is 0 Å². The normalized spacial score (nSPS) is 9.76. The van der Waals surface area contributed by atoms with E-state index in [0.29, 0.717) is 10.2 Å². The van der Waals surface area contributed by atoms with E-state index in [9.17, 15) is 14.9 Å². The van der Waals surface area contributed by atoms with Crippen LogP contribution >= 0.6 is 15.9 Å². The highest BCUT2D eigenvalue weighted by Gasteiger charge is 2.10. The molecule has 7 heteroatoms. The Bertz CT molecular complexity index is 435. The third-order valence-electron chi connectivity index (χ3n) is 1.87. The third kappa shape index (κ3) is 4.39. The molecular formula is C10H10BrNO5. The number of nitro groups is 1. The zero-order valence-electron chi connectivity index (χ0n) is 9.01. The minimum absolute atomic E-state index is 0.0764. The van der Waals surface area contributed by atoms with Gasteiger partial charge in [0.25, 0.3) is 5.69 Å². The number of nitrogens with zero attached hydrogens (tertiary/aromatic N) is 1. The Kier molecular flexibility index (Phi) is 4.89. The predicted octanol–water partition coefficient (Wildman–Crippen LogP) is 2.30. The van der Waals surface area contributed by atoms with Gasteiger partial charge in [-0.1, -0.05) is 15.9 Å². The highest BCUT2D eigenvalue weighted by molar-refractivity contribution is 9.10. The molecule has 0 aliphatic heterocycles. The van der Waals surface area contributed by atoms with Crippen LogP contribution in [0.5, 0.6) is 5.75 Å². The smallest absolute Gasteiger partial charge is 0.308 e. The number of rotatable bonds is 5. The van der Waals surface area contributed by atoms with Crippen molar-refractivity contribution in [1.29, 1.82) is 0 Å². The van der Waals surface area contributed by atoms with Gasteiger partial charge in [-0.25, -0.2) is 0 Å². The number of halogens is 1. The van der Waals surface area contributed by atoms with Gasteiger partial charge in [-0.3, -0.25) is 14.9 Å². The Hall–Kier alpha value is -1.63. The van der Waals surface area contributed by atoms with Gasteiger partial charge in [0.2, 0.25) is 0 Å². The minimum Gasteiger partial charge on any atom is -0.493 e. The molecule has 1 aromatic rings. The van der Waals surface area contributed by atoms with Gasteiger partial charge in [-0.05, 0) is 6.07 Å². The van der Waals surface area contributed by atoms with E-state index in [0.717, 1.165) is 0 Å². The number of non-ortho nitro benzene ring substituents is 1. The Morgan fingerprint density at radius 1 is 1.47 bits per heavy atom. The minimum atomic E-state index is -0.516. The molecule has 0 aliphatic rings. The lowest BCUT2D eigenvalue weighted by atomic mass is 10.3. The van der Waals surface area contributed by atoms with Crippen molar-refractivity contribution >= 4 is 27.6 Å². The molecule has 0 bridgehead atoms. The lowest BCUT2D eigenvalue weighted by Crippen LogP contribution is -2.07. The molecular weight excluding hydrogens is 294 g/mol. The van der Waals surface area contributed by atoms with Crippen molar-refractivity contribution in [3.05, 3.63) is 32.8 Å². The topological polar surface area (TPSA) is 78.7 Å². The van der Waals surface area contributed by atoms with Gasteiger partial charge >= 0.3 is 5.97 Å². The fourth-order valence-electron chi connectivity index (χ4n) is 1.09. The number of carbonyl (C=O) groups excluding carboxylic acids is 1. The van der Waals surface area contributed by atoms with Crippen molar-refractivity contribution in [3.8, 4) is 5.75 Å². The number of hydrogen-bond donors (Lipinski definition) is 0. The van der Waals surface area contributed by atoms with Gasteiger partial charge in [0, 0.05) is 10.5 Å². The van der Waals surface area contributed by atoms with Crippen molar-refractivity contribution in [2.75, 3.05) is 13.7 Å². The van der Waals surface area contributed by atoms with E-state index in [1.165, 1.54) is 19.2 Å². The van der Waals surface area contributed by atoms with Crippen LogP contribution in [0.2, 0.25) is 0 Å². The van der Waals surface area contributed by atoms with Gasteiger partial charge < -0.3 is 9.47 Å². The molecule has 92 valence electrons. The van der Waals surface area contributed by atoms with Crippen molar-refractivity contribution in [3.63, 3.8) is 0 Å². The standard InChI is InChI=1S/C10H10BrNO5/c1-16-10(13)2-3-17-9-5-7(11)4-8(6-9)12(14)15/h4-6H,2-3H2,1H3. The highest BCUT2D eigenvalue weighted by atomic mass is 79.9. The van der Waals surface area contributed by atoms with Crippen molar-refractivity contribution in [1.82, 2.24) is 0 Å². The molecule has 0 aliphatic carbocycles. The Morgan fingerprint density at radius 3 is 2.76 bits per heavy atom. The summed E-state index contributed by atoms with van der Waals surface area (Å²) in [6, 6.07) is 4.25. The number of carbonyl (C=O) groups is 1. The molecule has 0 N–H and O–H groups in total. The first-order valence-electron chi connectivity index (χ1n) is 4.67. The molecule has 1 aromatic carbocycles. The maximum Gasteiger partial charge on any atom is 0.308 e. The third-order valence-corrected chi connectivity index (χ3v) is 2.33. The summed E-state index contributed by atoms with van der Waals surface area (Å²) in [6.45, 7) is 0.111. The first-order chi connectivity index (χ1) is 8.02. The molecule has 1 rings (SSSR count). The molecule has 0 radical (unpaired) electrons. The second kappa shape index (κ2) is 6.19. The van der Waals surface area contributed by atoms with E-state index in [-0.39, 0.29) is 18.7 Å². The van der Waals surface area contributed by atoms with Crippen molar-refractivity contribution < 1.29 is 19.2 Å². The lowest BCUT2D eigenvalue weighted by Gasteiger charge is -2.05. The van der Waals surface area contributed by atoms with E-state index in [4.69, 9.17) is 4.74 Å². The van der Waals surface area contributed by atoms with Crippen LogP contribution in [0.3, 0.4) is 0 Å². The summed E-state index contributed by atoms with van der Waals surface area (Å²) in [5, 5.41) is 10.6. The van der Waals surface area contributed by atoms with Crippen LogP contribution in [0.25, 0.3) is 0 Å². The van der Waals surface area contributed by atoms with Crippen LogP contribution in [0.1, 0.15) is 6.42 Å². The summed E-state index contributed by atoms with van der Waals surface area (Å²) in [7, 11) is 1.28. The number of ether oxygens (including phenoxy) is 2. The largest absolute Gasteiger partial charge is 0.493 e. The zero-order valence-corrected chi connectivity index (χ0v) is 10.6. The van der Waals surface area contributed by atoms with E-state index in [2.05, 4.69) is 20.7 Å². The van der Waals surface area contributed by atoms with Gasteiger partial charge in [0.15, 0.2) is 0 Å². The van der Waals surface area contributed by atoms with Crippen LogP contribution in [-0.4, -0.2) is 24.6 Å². The van der Waals surface area contributed by atoms with Crippen molar-refractivity contribution in [2.24, 2.45) is 0 Å². The van der Waals surface area contributed by atoms with Gasteiger partial charge in [0.1, 0.15) is 5.75 Å². The van der Waals surface area contributed by atoms with Crippen molar-refractivity contribution in [2.45, 2.75) is 6.42 Å². The molecule has 0 saturated carbocycles. The summed E-state index contributed by atoms with van der Waals surface area (Å²) in [4.78, 5) is 20.9. The molecule has 0 spiro atoms. The fraction of sp³-hybridized carbons (Fsp3) is 0.300. The molecule has 0 fully saturated rings. The van der Waals surface area contributed by atoms with Crippen LogP contribution in [0.4, 0.5) is 5.69 Å². The summed E-state index contributed by atoms with van der Waals surface area (Å²) >= 11 is 3.14. The average molecular weight is 304 g/mol.